The third-order valence-electron chi connectivity index (χ3n) is 2.88. The molecule has 0 radical (unpaired) electrons. The second kappa shape index (κ2) is 7.27. The van der Waals surface area contributed by atoms with Crippen molar-refractivity contribution in [1.29, 1.82) is 0 Å². The van der Waals surface area contributed by atoms with E-state index < -0.39 is 6.04 Å². The number of esters is 1. The molecule has 0 aromatic carbocycles. The zero-order chi connectivity index (χ0) is 12.7. The molecule has 0 aliphatic carbocycles. The van der Waals surface area contributed by atoms with Crippen molar-refractivity contribution < 1.29 is 14.3 Å². The molecule has 2 N–H and O–H groups in total. The molecule has 17 heavy (non-hydrogen) atoms. The topological polar surface area (TPSA) is 67.4 Å². The fourth-order valence-electron chi connectivity index (χ4n) is 1.89. The summed E-state index contributed by atoms with van der Waals surface area (Å²) in [7, 11) is 0. The van der Waals surface area contributed by atoms with Crippen molar-refractivity contribution >= 4 is 11.9 Å². The molecular formula is C12H22N2O3. The number of rotatable bonds is 4. The van der Waals surface area contributed by atoms with E-state index >= 15 is 0 Å². The largest absolute Gasteiger partial charge is 0.464 e. The van der Waals surface area contributed by atoms with E-state index in [1.165, 1.54) is 0 Å². The van der Waals surface area contributed by atoms with Crippen LogP contribution >= 0.6 is 0 Å². The number of hydrogen-bond acceptors (Lipinski definition) is 4. The first kappa shape index (κ1) is 14.0. The van der Waals surface area contributed by atoms with Gasteiger partial charge >= 0.3 is 5.97 Å². The standard InChI is InChI=1S/C12H22N2O3/c1-3-17-12(16)9(2)14-11(15)10-7-5-4-6-8-13-10/h9-10,13H,3-8H2,1-2H3,(H,14,15). The van der Waals surface area contributed by atoms with Gasteiger partial charge in [-0.1, -0.05) is 12.8 Å². The summed E-state index contributed by atoms with van der Waals surface area (Å²) in [6.45, 7) is 4.60. The molecule has 1 aliphatic heterocycles. The van der Waals surface area contributed by atoms with E-state index in [9.17, 15) is 9.59 Å². The van der Waals surface area contributed by atoms with E-state index in [-0.39, 0.29) is 17.9 Å². The highest BCUT2D eigenvalue weighted by Crippen LogP contribution is 2.08. The molecule has 0 aromatic rings. The summed E-state index contributed by atoms with van der Waals surface area (Å²) in [5, 5.41) is 5.88. The third kappa shape index (κ3) is 4.73. The Morgan fingerprint density at radius 2 is 2.18 bits per heavy atom. The van der Waals surface area contributed by atoms with Crippen molar-refractivity contribution in [1.82, 2.24) is 10.6 Å². The Bertz CT molecular complexity index is 260. The Morgan fingerprint density at radius 3 is 2.88 bits per heavy atom. The molecule has 1 fully saturated rings. The normalized spacial score (nSPS) is 22.4. The predicted molar refractivity (Wildman–Crippen MR) is 64.5 cm³/mol. The van der Waals surface area contributed by atoms with Gasteiger partial charge in [0, 0.05) is 0 Å². The molecule has 1 saturated heterocycles. The van der Waals surface area contributed by atoms with E-state index in [0.29, 0.717) is 6.61 Å². The predicted octanol–water partition coefficient (Wildman–Crippen LogP) is 0.586. The monoisotopic (exact) mass is 242 g/mol. The van der Waals surface area contributed by atoms with Crippen LogP contribution in [0.25, 0.3) is 0 Å². The van der Waals surface area contributed by atoms with Crippen LogP contribution in [-0.4, -0.2) is 37.1 Å². The maximum atomic E-state index is 11.9. The van der Waals surface area contributed by atoms with E-state index in [1.807, 2.05) is 0 Å². The van der Waals surface area contributed by atoms with Crippen LogP contribution in [0.1, 0.15) is 39.5 Å². The van der Waals surface area contributed by atoms with Crippen LogP contribution < -0.4 is 10.6 Å². The first-order valence-electron chi connectivity index (χ1n) is 6.35. The molecule has 1 aliphatic rings. The smallest absolute Gasteiger partial charge is 0.328 e. The minimum atomic E-state index is -0.576. The average Bonchev–Trinajstić information content (AvgIpc) is 2.57. The van der Waals surface area contributed by atoms with Gasteiger partial charge in [0.25, 0.3) is 0 Å². The molecule has 98 valence electrons. The lowest BCUT2D eigenvalue weighted by Gasteiger charge is -2.18. The molecule has 1 heterocycles. The fraction of sp³-hybridized carbons (Fsp3) is 0.833. The summed E-state index contributed by atoms with van der Waals surface area (Å²) < 4.78 is 4.84. The highest BCUT2D eigenvalue weighted by Gasteiger charge is 2.23. The Kier molecular flexibility index (Phi) is 5.97. The summed E-state index contributed by atoms with van der Waals surface area (Å²) in [5.74, 6) is -0.484. The highest BCUT2D eigenvalue weighted by atomic mass is 16.5. The first-order valence-corrected chi connectivity index (χ1v) is 6.35. The van der Waals surface area contributed by atoms with Gasteiger partial charge in [-0.3, -0.25) is 4.79 Å². The molecule has 2 unspecified atom stereocenters. The lowest BCUT2D eigenvalue weighted by molar-refractivity contribution is -0.147. The number of ether oxygens (including phenoxy) is 1. The van der Waals surface area contributed by atoms with Gasteiger partial charge in [-0.05, 0) is 33.2 Å². The summed E-state index contributed by atoms with van der Waals surface area (Å²) in [6.07, 6.45) is 4.15. The zero-order valence-corrected chi connectivity index (χ0v) is 10.6. The average molecular weight is 242 g/mol. The quantitative estimate of drug-likeness (QED) is 0.708. The molecule has 5 nitrogen and oxygen atoms in total. The minimum absolute atomic E-state index is 0.104. The van der Waals surface area contributed by atoms with E-state index in [1.54, 1.807) is 13.8 Å². The van der Waals surface area contributed by atoms with E-state index in [4.69, 9.17) is 4.74 Å². The molecule has 2 atom stereocenters. The van der Waals surface area contributed by atoms with Crippen LogP contribution in [0.5, 0.6) is 0 Å². The summed E-state index contributed by atoms with van der Waals surface area (Å²) >= 11 is 0. The second-order valence-corrected chi connectivity index (χ2v) is 4.34. The molecule has 0 aromatic heterocycles. The van der Waals surface area contributed by atoms with Gasteiger partial charge in [0.1, 0.15) is 6.04 Å². The first-order chi connectivity index (χ1) is 8.15. The Balaban J connectivity index is 2.38. The van der Waals surface area contributed by atoms with Gasteiger partial charge in [-0.2, -0.15) is 0 Å². The van der Waals surface area contributed by atoms with Gasteiger partial charge in [0.15, 0.2) is 0 Å². The molecular weight excluding hydrogens is 220 g/mol. The van der Waals surface area contributed by atoms with Crippen LogP contribution in [-0.2, 0) is 14.3 Å². The Labute approximate surface area is 102 Å². The van der Waals surface area contributed by atoms with Crippen LogP contribution in [0.4, 0.5) is 0 Å². The number of carbonyl (C=O) groups excluding carboxylic acids is 2. The van der Waals surface area contributed by atoms with Crippen LogP contribution in [0, 0.1) is 0 Å². The van der Waals surface area contributed by atoms with Crippen LogP contribution in [0.15, 0.2) is 0 Å². The van der Waals surface area contributed by atoms with Crippen molar-refractivity contribution in [3.05, 3.63) is 0 Å². The maximum absolute atomic E-state index is 11.9. The number of hydrogen-bond donors (Lipinski definition) is 2. The maximum Gasteiger partial charge on any atom is 0.328 e. The van der Waals surface area contributed by atoms with Gasteiger partial charge in [-0.25, -0.2) is 4.79 Å². The second-order valence-electron chi connectivity index (χ2n) is 4.34. The van der Waals surface area contributed by atoms with Crippen LogP contribution in [0.3, 0.4) is 0 Å². The van der Waals surface area contributed by atoms with E-state index in [0.717, 1.165) is 32.2 Å². The third-order valence-corrected chi connectivity index (χ3v) is 2.88. The Hall–Kier alpha value is -1.10. The number of amides is 1. The van der Waals surface area contributed by atoms with Gasteiger partial charge < -0.3 is 15.4 Å². The molecule has 1 rings (SSSR count). The number of carbonyl (C=O) groups is 2. The molecule has 0 bridgehead atoms. The summed E-state index contributed by atoms with van der Waals surface area (Å²) in [6, 6.07) is -0.748. The molecule has 0 spiro atoms. The number of nitrogens with one attached hydrogen (secondary N) is 2. The van der Waals surface area contributed by atoms with Crippen molar-refractivity contribution in [2.24, 2.45) is 0 Å². The van der Waals surface area contributed by atoms with Crippen molar-refractivity contribution in [3.63, 3.8) is 0 Å². The minimum Gasteiger partial charge on any atom is -0.464 e. The highest BCUT2D eigenvalue weighted by molar-refractivity contribution is 5.87. The summed E-state index contributed by atoms with van der Waals surface area (Å²) in [5.41, 5.74) is 0. The van der Waals surface area contributed by atoms with Crippen molar-refractivity contribution in [2.75, 3.05) is 13.2 Å². The lowest BCUT2D eigenvalue weighted by atomic mass is 10.1. The lowest BCUT2D eigenvalue weighted by Crippen LogP contribution is -2.49. The Morgan fingerprint density at radius 1 is 1.41 bits per heavy atom. The molecule has 1 amide bonds. The van der Waals surface area contributed by atoms with Gasteiger partial charge in [-0.15, -0.1) is 0 Å². The van der Waals surface area contributed by atoms with Crippen molar-refractivity contribution in [3.8, 4) is 0 Å². The zero-order valence-electron chi connectivity index (χ0n) is 10.6. The molecule has 5 heteroatoms. The van der Waals surface area contributed by atoms with E-state index in [2.05, 4.69) is 10.6 Å². The summed E-state index contributed by atoms with van der Waals surface area (Å²) in [4.78, 5) is 23.3. The van der Waals surface area contributed by atoms with Crippen molar-refractivity contribution in [2.45, 2.75) is 51.6 Å². The van der Waals surface area contributed by atoms with Gasteiger partial charge in [0.2, 0.25) is 5.91 Å². The molecule has 0 saturated carbocycles. The fourth-order valence-corrected chi connectivity index (χ4v) is 1.89. The SMILES string of the molecule is CCOC(=O)C(C)NC(=O)C1CCCCCN1. The van der Waals surface area contributed by atoms with Gasteiger partial charge in [0.05, 0.1) is 12.6 Å². The van der Waals surface area contributed by atoms with Crippen LogP contribution in [0.2, 0.25) is 0 Å².